The van der Waals surface area contributed by atoms with Crippen LogP contribution in [0.3, 0.4) is 0 Å². The maximum absolute atomic E-state index is 11.5. The van der Waals surface area contributed by atoms with Crippen LogP contribution in [0.25, 0.3) is 0 Å². The largest absolute Gasteiger partial charge is 0.592 e. The molecule has 2 aromatic rings. The van der Waals surface area contributed by atoms with Gasteiger partial charge in [0.1, 0.15) is 0 Å². The highest BCUT2D eigenvalue weighted by atomic mass is 16.7. The zero-order valence-electron chi connectivity index (χ0n) is 11.6. The SMILES string of the molecule is [O-]/[N+](=N/OCCO/N=[N+](/[O-])c1ccccc1)c1ccccc1. The molecule has 2 aromatic carbocycles. The average Bonchev–Trinajstić information content (AvgIpc) is 2.59. The van der Waals surface area contributed by atoms with Crippen molar-refractivity contribution in [3.05, 3.63) is 71.1 Å². The highest BCUT2D eigenvalue weighted by molar-refractivity contribution is 5.28. The molecular weight excluding hydrogens is 288 g/mol. The van der Waals surface area contributed by atoms with E-state index in [0.29, 0.717) is 21.1 Å². The lowest BCUT2D eigenvalue weighted by molar-refractivity contribution is -0.485. The van der Waals surface area contributed by atoms with E-state index in [-0.39, 0.29) is 13.2 Å². The first-order chi connectivity index (χ1) is 10.8. The molecular formula is C14H14N4O4. The molecule has 8 nitrogen and oxygen atoms in total. The van der Waals surface area contributed by atoms with Crippen LogP contribution in [-0.2, 0) is 9.68 Å². The van der Waals surface area contributed by atoms with E-state index in [4.69, 9.17) is 9.68 Å². The van der Waals surface area contributed by atoms with Crippen LogP contribution in [0.2, 0.25) is 0 Å². The van der Waals surface area contributed by atoms with Gasteiger partial charge in [-0.1, -0.05) is 36.4 Å². The Morgan fingerprint density at radius 2 is 1.05 bits per heavy atom. The quantitative estimate of drug-likeness (QED) is 0.339. The molecule has 0 N–H and O–H groups in total. The molecule has 0 amide bonds. The van der Waals surface area contributed by atoms with Crippen LogP contribution in [0.1, 0.15) is 0 Å². The summed E-state index contributed by atoms with van der Waals surface area (Å²) >= 11 is 0. The molecule has 0 aliphatic heterocycles. The highest BCUT2D eigenvalue weighted by Gasteiger charge is 2.03. The normalized spacial score (nSPS) is 12.0. The van der Waals surface area contributed by atoms with Crippen LogP contribution >= 0.6 is 0 Å². The zero-order chi connectivity index (χ0) is 15.6. The summed E-state index contributed by atoms with van der Waals surface area (Å²) in [4.78, 5) is 10.2. The second-order valence-corrected chi connectivity index (χ2v) is 4.05. The molecule has 0 spiro atoms. The van der Waals surface area contributed by atoms with Crippen LogP contribution in [0.15, 0.2) is 71.2 Å². The molecule has 0 aromatic heterocycles. The Bertz CT molecular complexity index is 574. The van der Waals surface area contributed by atoms with E-state index >= 15 is 0 Å². The molecule has 0 bridgehead atoms. The zero-order valence-corrected chi connectivity index (χ0v) is 11.6. The number of benzene rings is 2. The van der Waals surface area contributed by atoms with Gasteiger partial charge in [0.2, 0.25) is 21.9 Å². The summed E-state index contributed by atoms with van der Waals surface area (Å²) < 4.78 is 0. The maximum Gasteiger partial charge on any atom is 0.248 e. The van der Waals surface area contributed by atoms with Crippen LogP contribution < -0.4 is 0 Å². The molecule has 2 rings (SSSR count). The third-order valence-corrected chi connectivity index (χ3v) is 2.48. The summed E-state index contributed by atoms with van der Waals surface area (Å²) in [6, 6.07) is 16.8. The molecule has 114 valence electrons. The Balaban J connectivity index is 1.71. The van der Waals surface area contributed by atoms with Gasteiger partial charge >= 0.3 is 0 Å². The lowest BCUT2D eigenvalue weighted by atomic mass is 10.3. The molecule has 0 aliphatic carbocycles. The predicted octanol–water partition coefficient (Wildman–Crippen LogP) is 3.44. The highest BCUT2D eigenvalue weighted by Crippen LogP contribution is 2.10. The van der Waals surface area contributed by atoms with Gasteiger partial charge in [-0.2, -0.15) is 0 Å². The standard InChI is InChI=1S/C14H14N4O4/c19-17(13-7-3-1-4-8-13)15-21-11-12-22-16-18(20)14-9-5-2-6-10-14/h1-10H,11-12H2/b17-15+,18-16+. The summed E-state index contributed by atoms with van der Waals surface area (Å²) in [5.41, 5.74) is 0.700. The van der Waals surface area contributed by atoms with Gasteiger partial charge in [0.05, 0.1) is 0 Å². The second-order valence-electron chi connectivity index (χ2n) is 4.05. The van der Waals surface area contributed by atoms with Gasteiger partial charge in [-0.25, -0.2) is 0 Å². The van der Waals surface area contributed by atoms with Crippen LogP contribution in [0.4, 0.5) is 11.4 Å². The smallest absolute Gasteiger partial charge is 0.248 e. The van der Waals surface area contributed by atoms with Crippen molar-refractivity contribution in [3.63, 3.8) is 0 Å². The minimum absolute atomic E-state index is 0.0162. The number of rotatable bonds is 7. The summed E-state index contributed by atoms with van der Waals surface area (Å²) in [5.74, 6) is 0. The number of hydrogen-bond acceptors (Lipinski definition) is 6. The van der Waals surface area contributed by atoms with E-state index in [1.54, 1.807) is 60.7 Å². The van der Waals surface area contributed by atoms with E-state index in [1.807, 2.05) is 0 Å². The fourth-order valence-electron chi connectivity index (χ4n) is 1.47. The lowest BCUT2D eigenvalue weighted by Crippen LogP contribution is -2.02. The minimum atomic E-state index is -0.0162. The summed E-state index contributed by atoms with van der Waals surface area (Å²) in [6.45, 7) is -0.0323. The molecule has 0 heterocycles. The number of nitrogens with zero attached hydrogens (tertiary/aromatic N) is 4. The Kier molecular flexibility index (Phi) is 5.68. The summed E-state index contributed by atoms with van der Waals surface area (Å²) in [6.07, 6.45) is 0. The van der Waals surface area contributed by atoms with Gasteiger partial charge in [-0.05, 0) is 9.72 Å². The minimum Gasteiger partial charge on any atom is -0.592 e. The molecule has 0 saturated carbocycles. The fraction of sp³-hybridized carbons (Fsp3) is 0.143. The van der Waals surface area contributed by atoms with Crippen molar-refractivity contribution in [1.29, 1.82) is 0 Å². The van der Waals surface area contributed by atoms with E-state index in [0.717, 1.165) is 0 Å². The van der Waals surface area contributed by atoms with E-state index in [1.165, 1.54) is 0 Å². The first-order valence-electron chi connectivity index (χ1n) is 6.48. The molecule has 0 radical (unpaired) electrons. The Morgan fingerprint density at radius 1 is 0.682 bits per heavy atom. The average molecular weight is 302 g/mol. The Morgan fingerprint density at radius 3 is 1.41 bits per heavy atom. The number of para-hydroxylation sites is 2. The van der Waals surface area contributed by atoms with Crippen molar-refractivity contribution in [2.45, 2.75) is 0 Å². The monoisotopic (exact) mass is 302 g/mol. The molecule has 0 aliphatic rings. The van der Waals surface area contributed by atoms with Crippen molar-refractivity contribution < 1.29 is 19.4 Å². The van der Waals surface area contributed by atoms with Crippen molar-refractivity contribution in [2.24, 2.45) is 10.6 Å². The Labute approximate surface area is 126 Å². The first kappa shape index (κ1) is 15.2. The lowest BCUT2D eigenvalue weighted by Gasteiger charge is -2.00. The van der Waals surface area contributed by atoms with Crippen molar-refractivity contribution in [1.82, 2.24) is 0 Å². The maximum atomic E-state index is 11.5. The van der Waals surface area contributed by atoms with Gasteiger partial charge in [-0.15, -0.1) is 0 Å². The molecule has 0 atom stereocenters. The van der Waals surface area contributed by atoms with Gasteiger partial charge in [-0.3, -0.25) is 0 Å². The second kappa shape index (κ2) is 8.20. The molecule has 22 heavy (non-hydrogen) atoms. The molecule has 0 fully saturated rings. The van der Waals surface area contributed by atoms with Gasteiger partial charge in [0.25, 0.3) is 0 Å². The predicted molar refractivity (Wildman–Crippen MR) is 76.2 cm³/mol. The van der Waals surface area contributed by atoms with E-state index in [2.05, 4.69) is 10.6 Å². The Hall–Kier alpha value is -3.16. The molecule has 0 unspecified atom stereocenters. The van der Waals surface area contributed by atoms with Gasteiger partial charge < -0.3 is 20.1 Å². The molecule has 0 saturated heterocycles. The van der Waals surface area contributed by atoms with Crippen LogP contribution in [-0.4, -0.2) is 22.9 Å². The number of hydrogen-bond donors (Lipinski definition) is 0. The topological polar surface area (TPSA) is 95.3 Å². The van der Waals surface area contributed by atoms with Gasteiger partial charge in [0, 0.05) is 24.3 Å². The van der Waals surface area contributed by atoms with Crippen molar-refractivity contribution in [2.75, 3.05) is 13.2 Å². The van der Waals surface area contributed by atoms with Crippen molar-refractivity contribution in [3.8, 4) is 0 Å². The summed E-state index contributed by atoms with van der Waals surface area (Å²) in [7, 11) is 0. The first-order valence-corrected chi connectivity index (χ1v) is 6.48. The third-order valence-electron chi connectivity index (χ3n) is 2.48. The van der Waals surface area contributed by atoms with E-state index in [9.17, 15) is 10.4 Å². The summed E-state index contributed by atoms with van der Waals surface area (Å²) in [5, 5.41) is 29.6. The van der Waals surface area contributed by atoms with Crippen LogP contribution in [0.5, 0.6) is 0 Å². The fourth-order valence-corrected chi connectivity index (χ4v) is 1.47. The van der Waals surface area contributed by atoms with Crippen LogP contribution in [0, 0.1) is 10.4 Å². The van der Waals surface area contributed by atoms with E-state index < -0.39 is 0 Å². The molecule has 8 heteroatoms. The van der Waals surface area contributed by atoms with Crippen molar-refractivity contribution >= 4 is 11.4 Å². The van der Waals surface area contributed by atoms with Gasteiger partial charge in [0.15, 0.2) is 13.2 Å². The third kappa shape index (κ3) is 4.75.